The van der Waals surface area contributed by atoms with Gasteiger partial charge in [-0.2, -0.15) is 17.0 Å². The van der Waals surface area contributed by atoms with Crippen molar-refractivity contribution < 1.29 is 4.79 Å². The van der Waals surface area contributed by atoms with Crippen molar-refractivity contribution in [1.29, 1.82) is 5.26 Å². The predicted octanol–water partition coefficient (Wildman–Crippen LogP) is 1.33. The van der Waals surface area contributed by atoms with Crippen molar-refractivity contribution >= 4 is 17.7 Å². The molecule has 0 aromatic carbocycles. The van der Waals surface area contributed by atoms with Gasteiger partial charge < -0.3 is 4.90 Å². The van der Waals surface area contributed by atoms with Crippen LogP contribution in [0.15, 0.2) is 0 Å². The Balaban J connectivity index is 1.85. The van der Waals surface area contributed by atoms with E-state index in [0.29, 0.717) is 12.3 Å². The van der Waals surface area contributed by atoms with Gasteiger partial charge in [-0.25, -0.2) is 0 Å². The average molecular weight is 267 g/mol. The third-order valence-electron chi connectivity index (χ3n) is 3.71. The molecule has 0 spiro atoms. The van der Waals surface area contributed by atoms with Gasteiger partial charge >= 0.3 is 0 Å². The van der Waals surface area contributed by atoms with Gasteiger partial charge in [-0.05, 0) is 32.4 Å². The van der Waals surface area contributed by atoms with Crippen LogP contribution in [0.1, 0.15) is 25.7 Å². The van der Waals surface area contributed by atoms with E-state index >= 15 is 0 Å². The lowest BCUT2D eigenvalue weighted by Gasteiger charge is -2.32. The summed E-state index contributed by atoms with van der Waals surface area (Å²) < 4.78 is 0. The van der Waals surface area contributed by atoms with Gasteiger partial charge in [0.2, 0.25) is 5.91 Å². The van der Waals surface area contributed by atoms with Gasteiger partial charge in [-0.3, -0.25) is 9.69 Å². The Kier molecular flexibility index (Phi) is 5.33. The number of amides is 1. The summed E-state index contributed by atoms with van der Waals surface area (Å²) in [5, 5.41) is 8.57. The largest absolute Gasteiger partial charge is 0.340 e. The summed E-state index contributed by atoms with van der Waals surface area (Å²) in [4.78, 5) is 16.8. The van der Waals surface area contributed by atoms with E-state index in [9.17, 15) is 4.79 Å². The first-order valence-electron chi connectivity index (χ1n) is 6.80. The fourth-order valence-corrected chi connectivity index (χ4v) is 3.63. The summed E-state index contributed by atoms with van der Waals surface area (Å²) >= 11 is 1.93. The van der Waals surface area contributed by atoms with Crippen LogP contribution in [0.25, 0.3) is 0 Å². The molecule has 0 aliphatic carbocycles. The molecule has 4 nitrogen and oxygen atoms in total. The zero-order valence-corrected chi connectivity index (χ0v) is 11.6. The van der Waals surface area contributed by atoms with Crippen LogP contribution in [-0.4, -0.2) is 59.4 Å². The molecule has 2 aliphatic heterocycles. The van der Waals surface area contributed by atoms with Crippen LogP contribution in [0.5, 0.6) is 0 Å². The Labute approximate surface area is 113 Å². The minimum absolute atomic E-state index is 0.0896. The summed E-state index contributed by atoms with van der Waals surface area (Å²) in [6, 6.07) is 2.26. The lowest BCUT2D eigenvalue weighted by atomic mass is 10.2. The standard InChI is InChI=1S/C13H21N3OS/c14-5-1-2-6-15-7-3-4-12(15)13(17)16-8-10-18-11-9-16/h12H,1-4,6-11H2. The number of unbranched alkanes of at least 4 members (excludes halogenated alkanes) is 1. The zero-order chi connectivity index (χ0) is 12.8. The monoisotopic (exact) mass is 267 g/mol. The number of carbonyl (C=O) groups is 1. The number of rotatable bonds is 4. The molecule has 2 aliphatic rings. The average Bonchev–Trinajstić information content (AvgIpc) is 2.88. The van der Waals surface area contributed by atoms with Crippen LogP contribution >= 0.6 is 11.8 Å². The highest BCUT2D eigenvalue weighted by molar-refractivity contribution is 7.99. The summed E-state index contributed by atoms with van der Waals surface area (Å²) in [5.74, 6) is 2.48. The molecule has 0 bridgehead atoms. The Hall–Kier alpha value is -0.730. The van der Waals surface area contributed by atoms with Gasteiger partial charge in [-0.1, -0.05) is 0 Å². The molecule has 0 aromatic rings. The molecular formula is C13H21N3OS. The second-order valence-corrected chi connectivity index (χ2v) is 6.12. The molecule has 18 heavy (non-hydrogen) atoms. The number of nitrogens with zero attached hydrogens (tertiary/aromatic N) is 3. The van der Waals surface area contributed by atoms with Crippen molar-refractivity contribution in [3.8, 4) is 6.07 Å². The number of hydrogen-bond donors (Lipinski definition) is 0. The lowest BCUT2D eigenvalue weighted by molar-refractivity contribution is -0.135. The molecule has 2 rings (SSSR count). The van der Waals surface area contributed by atoms with E-state index in [2.05, 4.69) is 11.0 Å². The molecule has 100 valence electrons. The Morgan fingerprint density at radius 1 is 1.33 bits per heavy atom. The zero-order valence-electron chi connectivity index (χ0n) is 10.8. The van der Waals surface area contributed by atoms with Crippen molar-refractivity contribution in [1.82, 2.24) is 9.80 Å². The molecule has 1 amide bonds. The van der Waals surface area contributed by atoms with E-state index in [1.807, 2.05) is 16.7 Å². The Morgan fingerprint density at radius 3 is 2.83 bits per heavy atom. The molecule has 1 unspecified atom stereocenters. The van der Waals surface area contributed by atoms with Crippen LogP contribution in [0, 0.1) is 11.3 Å². The Morgan fingerprint density at radius 2 is 2.11 bits per heavy atom. The van der Waals surface area contributed by atoms with E-state index in [-0.39, 0.29) is 6.04 Å². The number of carbonyl (C=O) groups excluding carboxylic acids is 1. The van der Waals surface area contributed by atoms with Crippen molar-refractivity contribution in [3.63, 3.8) is 0 Å². The van der Waals surface area contributed by atoms with Crippen LogP contribution in [-0.2, 0) is 4.79 Å². The van der Waals surface area contributed by atoms with E-state index in [1.54, 1.807) is 0 Å². The quantitative estimate of drug-likeness (QED) is 0.721. The van der Waals surface area contributed by atoms with Crippen LogP contribution in [0.2, 0.25) is 0 Å². The molecule has 0 saturated carbocycles. The van der Waals surface area contributed by atoms with Gasteiger partial charge in [0, 0.05) is 31.0 Å². The first kappa shape index (κ1) is 13.7. The van der Waals surface area contributed by atoms with Crippen molar-refractivity contribution in [2.24, 2.45) is 0 Å². The molecule has 2 fully saturated rings. The number of hydrogen-bond acceptors (Lipinski definition) is 4. The maximum atomic E-state index is 12.5. The van der Waals surface area contributed by atoms with Crippen molar-refractivity contribution in [3.05, 3.63) is 0 Å². The highest BCUT2D eigenvalue weighted by atomic mass is 32.2. The first-order valence-corrected chi connectivity index (χ1v) is 7.96. The van der Waals surface area contributed by atoms with Gasteiger partial charge in [0.15, 0.2) is 0 Å². The second kappa shape index (κ2) is 7.01. The highest BCUT2D eigenvalue weighted by Crippen LogP contribution is 2.21. The van der Waals surface area contributed by atoms with E-state index in [4.69, 9.17) is 5.26 Å². The van der Waals surface area contributed by atoms with Gasteiger partial charge in [0.05, 0.1) is 12.1 Å². The molecule has 2 heterocycles. The first-order chi connectivity index (χ1) is 8.83. The minimum atomic E-state index is 0.0896. The molecular weight excluding hydrogens is 246 g/mol. The maximum absolute atomic E-state index is 12.5. The molecule has 1 atom stereocenters. The van der Waals surface area contributed by atoms with Crippen LogP contribution in [0.4, 0.5) is 0 Å². The number of likely N-dealkylation sites (tertiary alicyclic amines) is 1. The summed E-state index contributed by atoms with van der Waals surface area (Å²) in [7, 11) is 0. The minimum Gasteiger partial charge on any atom is -0.340 e. The third-order valence-corrected chi connectivity index (χ3v) is 4.65. The van der Waals surface area contributed by atoms with E-state index in [1.165, 1.54) is 0 Å². The summed E-state index contributed by atoms with van der Waals surface area (Å²) in [6.07, 6.45) is 3.59. The third kappa shape index (κ3) is 3.39. The molecule has 0 aromatic heterocycles. The summed E-state index contributed by atoms with van der Waals surface area (Å²) in [5.41, 5.74) is 0. The van der Waals surface area contributed by atoms with Gasteiger partial charge in [0.25, 0.3) is 0 Å². The van der Waals surface area contributed by atoms with Crippen molar-refractivity contribution in [2.45, 2.75) is 31.7 Å². The fourth-order valence-electron chi connectivity index (χ4n) is 2.73. The van der Waals surface area contributed by atoms with E-state index in [0.717, 1.165) is 56.9 Å². The summed E-state index contributed by atoms with van der Waals surface area (Å²) in [6.45, 7) is 3.73. The van der Waals surface area contributed by atoms with Crippen LogP contribution in [0.3, 0.4) is 0 Å². The second-order valence-electron chi connectivity index (χ2n) is 4.89. The smallest absolute Gasteiger partial charge is 0.239 e. The molecule has 2 saturated heterocycles. The van der Waals surface area contributed by atoms with Gasteiger partial charge in [-0.15, -0.1) is 0 Å². The highest BCUT2D eigenvalue weighted by Gasteiger charge is 2.33. The topological polar surface area (TPSA) is 47.3 Å². The SMILES string of the molecule is N#CCCCN1CCCC1C(=O)N1CCSCC1. The number of thioether (sulfide) groups is 1. The van der Waals surface area contributed by atoms with E-state index < -0.39 is 0 Å². The number of nitriles is 1. The lowest BCUT2D eigenvalue weighted by Crippen LogP contribution is -2.48. The molecule has 5 heteroatoms. The van der Waals surface area contributed by atoms with Crippen molar-refractivity contribution in [2.75, 3.05) is 37.7 Å². The predicted molar refractivity (Wildman–Crippen MR) is 73.3 cm³/mol. The fraction of sp³-hybridized carbons (Fsp3) is 0.846. The molecule has 0 N–H and O–H groups in total. The molecule has 0 radical (unpaired) electrons. The maximum Gasteiger partial charge on any atom is 0.239 e. The normalized spacial score (nSPS) is 25.1. The van der Waals surface area contributed by atoms with Crippen LogP contribution < -0.4 is 0 Å². The Bertz CT molecular complexity index is 323. The van der Waals surface area contributed by atoms with Gasteiger partial charge in [0.1, 0.15) is 0 Å².